The average Bonchev–Trinajstić information content (AvgIpc) is 3.01. The van der Waals surface area contributed by atoms with Crippen molar-refractivity contribution < 1.29 is 27.5 Å². The fraction of sp³-hybridized carbons (Fsp3) is 0.389. The highest BCUT2D eigenvalue weighted by atomic mass is 32.2. The van der Waals surface area contributed by atoms with Crippen LogP contribution < -0.4 is 5.32 Å². The Morgan fingerprint density at radius 1 is 1.19 bits per heavy atom. The lowest BCUT2D eigenvalue weighted by Gasteiger charge is -2.27. The van der Waals surface area contributed by atoms with Crippen LogP contribution in [-0.2, 0) is 16.1 Å². The van der Waals surface area contributed by atoms with E-state index in [1.165, 1.54) is 13.0 Å². The molecule has 0 aliphatic heterocycles. The van der Waals surface area contributed by atoms with Crippen molar-refractivity contribution in [3.8, 4) is 0 Å². The summed E-state index contributed by atoms with van der Waals surface area (Å²) in [6, 6.07) is 12.0. The van der Waals surface area contributed by atoms with Gasteiger partial charge in [-0.2, -0.15) is 24.9 Å². The molecule has 0 aliphatic carbocycles. The monoisotopic (exact) mass is 387 g/mol. The molecule has 2 rings (SSSR count). The van der Waals surface area contributed by atoms with Crippen molar-refractivity contribution in [3.63, 3.8) is 0 Å². The zero-order chi connectivity index (χ0) is 19.2. The van der Waals surface area contributed by atoms with Crippen LogP contribution in [0.5, 0.6) is 0 Å². The Morgan fingerprint density at radius 3 is 2.46 bits per heavy atom. The Balaban J connectivity index is 1.84. The largest absolute Gasteiger partial charge is 0.463 e. The van der Waals surface area contributed by atoms with Gasteiger partial charge >= 0.3 is 6.18 Å². The number of hydrogen-bond acceptors (Lipinski definition) is 4. The van der Waals surface area contributed by atoms with Gasteiger partial charge in [0.2, 0.25) is 11.5 Å². The standard InChI is InChI=1S/C18H20F3NO3S/c1-13-7-8-15(25-13)17(24,18(19,20)21)11-16(23)22-9-10-26-12-14-5-3-2-4-6-14/h2-8,24H,9-12H2,1H3,(H,22,23). The lowest BCUT2D eigenvalue weighted by molar-refractivity contribution is -0.273. The summed E-state index contributed by atoms with van der Waals surface area (Å²) >= 11 is 1.55. The Bertz CT molecular complexity index is 718. The Labute approximate surface area is 153 Å². The number of carbonyl (C=O) groups is 1. The van der Waals surface area contributed by atoms with Crippen LogP contribution >= 0.6 is 11.8 Å². The first-order valence-electron chi connectivity index (χ1n) is 7.97. The van der Waals surface area contributed by atoms with Crippen LogP contribution in [0.3, 0.4) is 0 Å². The third kappa shape index (κ3) is 5.28. The van der Waals surface area contributed by atoms with Gasteiger partial charge in [-0.25, -0.2) is 0 Å². The van der Waals surface area contributed by atoms with E-state index in [1.54, 1.807) is 11.8 Å². The summed E-state index contributed by atoms with van der Waals surface area (Å²) in [5.41, 5.74) is -2.22. The van der Waals surface area contributed by atoms with E-state index >= 15 is 0 Å². The Kier molecular flexibility index (Phi) is 6.77. The number of furan rings is 1. The maximum atomic E-state index is 13.3. The summed E-state index contributed by atoms with van der Waals surface area (Å²) in [6.07, 6.45) is -6.18. The number of aliphatic hydroxyl groups is 1. The molecule has 2 N–H and O–H groups in total. The van der Waals surface area contributed by atoms with Gasteiger partial charge in [0, 0.05) is 18.1 Å². The second kappa shape index (κ2) is 8.64. The lowest BCUT2D eigenvalue weighted by atomic mass is 9.95. The van der Waals surface area contributed by atoms with E-state index in [1.807, 2.05) is 30.3 Å². The van der Waals surface area contributed by atoms with E-state index in [2.05, 4.69) is 5.32 Å². The minimum atomic E-state index is -5.03. The lowest BCUT2D eigenvalue weighted by Crippen LogP contribution is -2.46. The number of alkyl halides is 3. The molecule has 1 amide bonds. The van der Waals surface area contributed by atoms with E-state index in [9.17, 15) is 23.1 Å². The molecule has 0 radical (unpaired) electrons. The van der Waals surface area contributed by atoms with E-state index < -0.39 is 29.9 Å². The number of halogens is 3. The molecule has 1 aromatic carbocycles. The number of nitrogens with one attached hydrogen (secondary N) is 1. The van der Waals surface area contributed by atoms with Crippen LogP contribution in [-0.4, -0.2) is 29.5 Å². The molecule has 26 heavy (non-hydrogen) atoms. The van der Waals surface area contributed by atoms with Crippen molar-refractivity contribution in [2.24, 2.45) is 0 Å². The van der Waals surface area contributed by atoms with Crippen LogP contribution in [0, 0.1) is 6.92 Å². The number of rotatable bonds is 8. The summed E-state index contributed by atoms with van der Waals surface area (Å²) in [5, 5.41) is 12.5. The first-order valence-corrected chi connectivity index (χ1v) is 9.12. The van der Waals surface area contributed by atoms with Gasteiger partial charge in [0.05, 0.1) is 6.42 Å². The minimum Gasteiger partial charge on any atom is -0.463 e. The average molecular weight is 387 g/mol. The molecule has 0 spiro atoms. The summed E-state index contributed by atoms with van der Waals surface area (Å²) in [7, 11) is 0. The van der Waals surface area contributed by atoms with Gasteiger partial charge in [0.1, 0.15) is 11.5 Å². The van der Waals surface area contributed by atoms with Crippen LogP contribution in [0.25, 0.3) is 0 Å². The number of aryl methyl sites for hydroxylation is 1. The summed E-state index contributed by atoms with van der Waals surface area (Å²) in [5.74, 6) is -0.0597. The maximum absolute atomic E-state index is 13.3. The molecule has 0 saturated heterocycles. The first kappa shape index (κ1) is 20.4. The zero-order valence-electron chi connectivity index (χ0n) is 14.2. The molecule has 1 atom stereocenters. The molecule has 142 valence electrons. The highest BCUT2D eigenvalue weighted by Crippen LogP contribution is 2.42. The van der Waals surface area contributed by atoms with Crippen molar-refractivity contribution in [2.45, 2.75) is 30.9 Å². The van der Waals surface area contributed by atoms with E-state index in [4.69, 9.17) is 4.42 Å². The van der Waals surface area contributed by atoms with Gasteiger partial charge in [-0.1, -0.05) is 30.3 Å². The molecule has 0 aliphatic rings. The summed E-state index contributed by atoms with van der Waals surface area (Å²) < 4.78 is 44.8. The SMILES string of the molecule is Cc1ccc(C(O)(CC(=O)NCCSCc2ccccc2)C(F)(F)F)o1. The van der Waals surface area contributed by atoms with Gasteiger partial charge in [0.15, 0.2) is 0 Å². The predicted molar refractivity (Wildman–Crippen MR) is 93.6 cm³/mol. The molecule has 0 fully saturated rings. The van der Waals surface area contributed by atoms with Gasteiger partial charge in [-0.15, -0.1) is 0 Å². The third-order valence-corrected chi connectivity index (χ3v) is 4.74. The fourth-order valence-corrected chi connectivity index (χ4v) is 3.12. The summed E-state index contributed by atoms with van der Waals surface area (Å²) in [6.45, 7) is 1.67. The zero-order valence-corrected chi connectivity index (χ0v) is 15.0. The highest BCUT2D eigenvalue weighted by Gasteiger charge is 2.58. The normalized spacial score (nSPS) is 14.0. The van der Waals surface area contributed by atoms with Gasteiger partial charge < -0.3 is 14.8 Å². The second-order valence-electron chi connectivity index (χ2n) is 5.83. The van der Waals surface area contributed by atoms with Gasteiger partial charge in [-0.05, 0) is 24.6 Å². The smallest absolute Gasteiger partial charge is 0.425 e. The van der Waals surface area contributed by atoms with Crippen LogP contribution in [0.15, 0.2) is 46.9 Å². The molecule has 1 unspecified atom stereocenters. The molecule has 8 heteroatoms. The predicted octanol–water partition coefficient (Wildman–Crippen LogP) is 3.78. The topological polar surface area (TPSA) is 62.5 Å². The van der Waals surface area contributed by atoms with E-state index in [0.717, 1.165) is 17.4 Å². The van der Waals surface area contributed by atoms with E-state index in [0.29, 0.717) is 5.75 Å². The molecule has 0 bridgehead atoms. The van der Waals surface area contributed by atoms with Gasteiger partial charge in [-0.3, -0.25) is 4.79 Å². The van der Waals surface area contributed by atoms with Crippen LogP contribution in [0.2, 0.25) is 0 Å². The van der Waals surface area contributed by atoms with Crippen molar-refractivity contribution in [1.82, 2.24) is 5.32 Å². The molecule has 1 aromatic heterocycles. The maximum Gasteiger partial charge on any atom is 0.425 e. The second-order valence-corrected chi connectivity index (χ2v) is 6.94. The molecule has 4 nitrogen and oxygen atoms in total. The number of thioether (sulfide) groups is 1. The molecular weight excluding hydrogens is 367 g/mol. The summed E-state index contributed by atoms with van der Waals surface area (Å²) in [4.78, 5) is 11.9. The minimum absolute atomic E-state index is 0.210. The van der Waals surface area contributed by atoms with Crippen LogP contribution in [0.1, 0.15) is 23.5 Å². The van der Waals surface area contributed by atoms with Crippen molar-refractivity contribution in [3.05, 3.63) is 59.5 Å². The van der Waals surface area contributed by atoms with Crippen molar-refractivity contribution >= 4 is 17.7 Å². The highest BCUT2D eigenvalue weighted by molar-refractivity contribution is 7.98. The Morgan fingerprint density at radius 2 is 1.88 bits per heavy atom. The number of hydrogen-bond donors (Lipinski definition) is 2. The molecule has 0 saturated carbocycles. The molecular formula is C18H20F3NO3S. The quantitative estimate of drug-likeness (QED) is 0.677. The molecule has 2 aromatic rings. The number of amides is 1. The van der Waals surface area contributed by atoms with Crippen molar-refractivity contribution in [1.29, 1.82) is 0 Å². The number of carbonyl (C=O) groups excluding carboxylic acids is 1. The fourth-order valence-electron chi connectivity index (χ4n) is 2.31. The first-order chi connectivity index (χ1) is 12.2. The van der Waals surface area contributed by atoms with Crippen molar-refractivity contribution in [2.75, 3.05) is 12.3 Å². The third-order valence-electron chi connectivity index (χ3n) is 3.71. The molecule has 1 heterocycles. The van der Waals surface area contributed by atoms with Crippen LogP contribution in [0.4, 0.5) is 13.2 Å². The van der Waals surface area contributed by atoms with E-state index in [-0.39, 0.29) is 12.3 Å². The number of benzene rings is 1. The van der Waals surface area contributed by atoms with Gasteiger partial charge in [0.25, 0.3) is 0 Å². The Hall–Kier alpha value is -1.93.